The highest BCUT2D eigenvalue weighted by Gasteiger charge is 2.54. The first-order valence-electron chi connectivity index (χ1n) is 10.6. The van der Waals surface area contributed by atoms with Gasteiger partial charge in [-0.05, 0) is 55.8 Å². The van der Waals surface area contributed by atoms with Gasteiger partial charge >= 0.3 is 11.9 Å². The van der Waals surface area contributed by atoms with Gasteiger partial charge in [0.2, 0.25) is 6.79 Å². The van der Waals surface area contributed by atoms with Gasteiger partial charge in [0.1, 0.15) is 0 Å². The average molecular weight is 381 g/mol. The van der Waals surface area contributed by atoms with Crippen molar-refractivity contribution in [3.8, 4) is 0 Å². The van der Waals surface area contributed by atoms with Gasteiger partial charge in [-0.2, -0.15) is 0 Å². The monoisotopic (exact) mass is 380 g/mol. The van der Waals surface area contributed by atoms with Crippen LogP contribution in [0.5, 0.6) is 0 Å². The van der Waals surface area contributed by atoms with Crippen LogP contribution in [-0.2, 0) is 19.1 Å². The summed E-state index contributed by atoms with van der Waals surface area (Å²) in [7, 11) is 0. The molecule has 0 amide bonds. The van der Waals surface area contributed by atoms with Crippen LogP contribution in [0.1, 0.15) is 93.9 Å². The topological polar surface area (TPSA) is 52.6 Å². The minimum Gasteiger partial charge on any atom is -0.427 e. The van der Waals surface area contributed by atoms with E-state index >= 15 is 0 Å². The molecule has 2 saturated carbocycles. The lowest BCUT2D eigenvalue weighted by Gasteiger charge is -2.48. The third-order valence-electron chi connectivity index (χ3n) is 7.65. The van der Waals surface area contributed by atoms with E-state index in [4.69, 9.17) is 9.47 Å². The number of carbonyl (C=O) groups excluding carboxylic acids is 2. The number of carbonyl (C=O) groups is 2. The van der Waals surface area contributed by atoms with Gasteiger partial charge in [-0.15, -0.1) is 0 Å². The summed E-state index contributed by atoms with van der Waals surface area (Å²) in [6.45, 7) is 16.0. The molecule has 2 aliphatic rings. The fraction of sp³-hybridized carbons (Fsp3) is 0.913. The number of ether oxygens (including phenoxy) is 2. The molecule has 4 heteroatoms. The molecule has 0 aromatic rings. The van der Waals surface area contributed by atoms with Gasteiger partial charge in [-0.1, -0.05) is 60.8 Å². The Kier molecular flexibility index (Phi) is 6.10. The molecule has 2 fully saturated rings. The van der Waals surface area contributed by atoms with Gasteiger partial charge in [-0.25, -0.2) is 0 Å². The zero-order valence-electron chi connectivity index (χ0n) is 18.7. The molecule has 0 aliphatic heterocycles. The number of fused-ring (bicyclic) bond motifs is 2. The van der Waals surface area contributed by atoms with E-state index in [1.54, 1.807) is 0 Å². The van der Waals surface area contributed by atoms with Crippen LogP contribution in [0.25, 0.3) is 0 Å². The summed E-state index contributed by atoms with van der Waals surface area (Å²) in [5, 5.41) is 0. The molecule has 2 atom stereocenters. The Balaban J connectivity index is 1.96. The van der Waals surface area contributed by atoms with Crippen molar-refractivity contribution in [2.75, 3.05) is 6.79 Å². The van der Waals surface area contributed by atoms with Crippen LogP contribution in [0, 0.1) is 33.5 Å². The van der Waals surface area contributed by atoms with E-state index < -0.39 is 10.8 Å². The maximum Gasteiger partial charge on any atom is 0.315 e. The van der Waals surface area contributed by atoms with Gasteiger partial charge in [0, 0.05) is 0 Å². The highest BCUT2D eigenvalue weighted by molar-refractivity contribution is 5.79. The van der Waals surface area contributed by atoms with E-state index in [-0.39, 0.29) is 29.6 Å². The van der Waals surface area contributed by atoms with Crippen LogP contribution in [0.15, 0.2) is 0 Å². The van der Waals surface area contributed by atoms with Crippen LogP contribution in [0.3, 0.4) is 0 Å². The molecule has 2 rings (SSSR count). The molecule has 0 radical (unpaired) electrons. The number of hydrogen-bond donors (Lipinski definition) is 0. The first-order valence-corrected chi connectivity index (χ1v) is 10.6. The summed E-state index contributed by atoms with van der Waals surface area (Å²) in [4.78, 5) is 25.7. The first-order chi connectivity index (χ1) is 12.2. The third kappa shape index (κ3) is 4.35. The van der Waals surface area contributed by atoms with Crippen LogP contribution >= 0.6 is 0 Å². The fourth-order valence-corrected chi connectivity index (χ4v) is 5.49. The highest BCUT2D eigenvalue weighted by atomic mass is 16.7. The Morgan fingerprint density at radius 1 is 0.889 bits per heavy atom. The van der Waals surface area contributed by atoms with Crippen molar-refractivity contribution in [1.82, 2.24) is 0 Å². The lowest BCUT2D eigenvalue weighted by Crippen LogP contribution is -2.51. The van der Waals surface area contributed by atoms with E-state index in [1.807, 2.05) is 55.4 Å². The van der Waals surface area contributed by atoms with Crippen molar-refractivity contribution < 1.29 is 19.1 Å². The van der Waals surface area contributed by atoms with Crippen molar-refractivity contribution in [3.05, 3.63) is 0 Å². The summed E-state index contributed by atoms with van der Waals surface area (Å²) in [5.74, 6) is 0.770. The minimum absolute atomic E-state index is 0.208. The lowest BCUT2D eigenvalue weighted by atomic mass is 9.55. The Morgan fingerprint density at radius 2 is 1.37 bits per heavy atom. The Hall–Kier alpha value is -1.06. The second-order valence-corrected chi connectivity index (χ2v) is 11.5. The van der Waals surface area contributed by atoms with Gasteiger partial charge in [-0.3, -0.25) is 9.59 Å². The molecule has 2 unspecified atom stereocenters. The summed E-state index contributed by atoms with van der Waals surface area (Å²) < 4.78 is 10.9. The summed E-state index contributed by atoms with van der Waals surface area (Å²) >= 11 is 0. The van der Waals surface area contributed by atoms with Crippen molar-refractivity contribution in [2.45, 2.75) is 93.9 Å². The zero-order valence-corrected chi connectivity index (χ0v) is 18.7. The first kappa shape index (κ1) is 22.2. The standard InChI is InChI=1S/C23H40O4/c1-20(2,3)23(8,21(4,5)6)19(25)27-15-26-18(24)22(7)13-16-10-9-11-17(12-16)14-22/h16-17H,9-15H2,1-8H3. The van der Waals surface area contributed by atoms with Crippen LogP contribution < -0.4 is 0 Å². The van der Waals surface area contributed by atoms with E-state index in [9.17, 15) is 9.59 Å². The van der Waals surface area contributed by atoms with Crippen LogP contribution in [0.4, 0.5) is 0 Å². The molecule has 0 heterocycles. The number of rotatable bonds is 4. The minimum atomic E-state index is -0.696. The molecule has 0 N–H and O–H groups in total. The number of esters is 2. The maximum absolute atomic E-state index is 12.9. The lowest BCUT2D eigenvalue weighted by molar-refractivity contribution is -0.192. The van der Waals surface area contributed by atoms with Gasteiger partial charge in [0.05, 0.1) is 10.8 Å². The van der Waals surface area contributed by atoms with Crippen molar-refractivity contribution >= 4 is 11.9 Å². The molecular weight excluding hydrogens is 340 g/mol. The summed E-state index contributed by atoms with van der Waals surface area (Å²) in [6, 6.07) is 0. The molecule has 2 bridgehead atoms. The maximum atomic E-state index is 12.9. The van der Waals surface area contributed by atoms with Crippen molar-refractivity contribution in [2.24, 2.45) is 33.5 Å². The van der Waals surface area contributed by atoms with Gasteiger partial charge < -0.3 is 9.47 Å². The molecule has 0 aromatic heterocycles. The smallest absolute Gasteiger partial charge is 0.315 e. The van der Waals surface area contributed by atoms with E-state index in [1.165, 1.54) is 25.7 Å². The molecule has 4 nitrogen and oxygen atoms in total. The second-order valence-electron chi connectivity index (χ2n) is 11.5. The molecule has 0 aromatic carbocycles. The highest BCUT2D eigenvalue weighted by Crippen LogP contribution is 2.52. The van der Waals surface area contributed by atoms with Crippen LogP contribution in [-0.4, -0.2) is 18.7 Å². The molecular formula is C23H40O4. The van der Waals surface area contributed by atoms with E-state index in [2.05, 4.69) is 0 Å². The van der Waals surface area contributed by atoms with Crippen molar-refractivity contribution in [1.29, 1.82) is 0 Å². The fourth-order valence-electron chi connectivity index (χ4n) is 5.49. The average Bonchev–Trinajstić information content (AvgIpc) is 2.51. The Labute approximate surface area is 165 Å². The summed E-state index contributed by atoms with van der Waals surface area (Å²) in [6.07, 6.45) is 6.80. The SMILES string of the molecule is CC1(C(=O)OCOC(=O)C(C)(C(C)(C)C)C(C)(C)C)CC2CCCC(C2)C1. The van der Waals surface area contributed by atoms with E-state index in [0.717, 1.165) is 12.8 Å². The molecule has 0 saturated heterocycles. The quantitative estimate of drug-likeness (QED) is 0.461. The van der Waals surface area contributed by atoms with Crippen LogP contribution in [0.2, 0.25) is 0 Å². The Bertz CT molecular complexity index is 538. The third-order valence-corrected chi connectivity index (χ3v) is 7.65. The normalized spacial score (nSPS) is 29.2. The number of hydrogen-bond acceptors (Lipinski definition) is 4. The van der Waals surface area contributed by atoms with E-state index in [0.29, 0.717) is 11.8 Å². The summed E-state index contributed by atoms with van der Waals surface area (Å²) in [5.41, 5.74) is -1.69. The molecule has 2 aliphatic carbocycles. The second kappa shape index (κ2) is 7.40. The van der Waals surface area contributed by atoms with Gasteiger partial charge in [0.25, 0.3) is 0 Å². The molecule has 156 valence electrons. The molecule has 27 heavy (non-hydrogen) atoms. The molecule has 0 spiro atoms. The largest absolute Gasteiger partial charge is 0.427 e. The Morgan fingerprint density at radius 3 is 1.81 bits per heavy atom. The predicted molar refractivity (Wildman–Crippen MR) is 107 cm³/mol. The zero-order chi connectivity index (χ0) is 20.7. The van der Waals surface area contributed by atoms with Gasteiger partial charge in [0.15, 0.2) is 0 Å². The predicted octanol–water partition coefficient (Wildman–Crippen LogP) is 5.74. The van der Waals surface area contributed by atoms with Crippen molar-refractivity contribution in [3.63, 3.8) is 0 Å².